The Hall–Kier alpha value is -3.00. The minimum atomic E-state index is 0. The highest BCUT2D eigenvalue weighted by Gasteiger charge is 2.06. The molecule has 0 aliphatic rings. The molecule has 2 heterocycles. The summed E-state index contributed by atoms with van der Waals surface area (Å²) in [4.78, 5) is 12.5. The molecule has 0 saturated heterocycles. The van der Waals surface area contributed by atoms with E-state index in [2.05, 4.69) is 21.8 Å². The zero-order chi connectivity index (χ0) is 18.5. The average Bonchev–Trinajstić information content (AvgIpc) is 3.15. The predicted molar refractivity (Wildman–Crippen MR) is 121 cm³/mol. The number of H-pyrrole nitrogens is 1. The third-order valence-corrected chi connectivity index (χ3v) is 4.32. The highest BCUT2D eigenvalue weighted by molar-refractivity contribution is 5.85. The molecule has 29 heavy (non-hydrogen) atoms. The number of nitrogens with one attached hydrogen (secondary N) is 1. The minimum absolute atomic E-state index is 0. The molecule has 0 bridgehead atoms. The molecule has 0 atom stereocenters. The van der Waals surface area contributed by atoms with Crippen LogP contribution in [0.3, 0.4) is 0 Å². The molecule has 0 aliphatic heterocycles. The molecule has 2 aromatic heterocycles. The van der Waals surface area contributed by atoms with Gasteiger partial charge in [0.2, 0.25) is 0 Å². The van der Waals surface area contributed by atoms with Gasteiger partial charge < -0.3 is 9.72 Å². The van der Waals surface area contributed by atoms with Crippen LogP contribution in [0.4, 0.5) is 0 Å². The summed E-state index contributed by atoms with van der Waals surface area (Å²) in [5.74, 6) is 8.20. The van der Waals surface area contributed by atoms with Crippen LogP contribution in [0, 0.1) is 11.8 Å². The maximum atomic E-state index is 5.25. The van der Waals surface area contributed by atoms with Gasteiger partial charge in [0, 0.05) is 23.9 Å². The molecule has 4 nitrogen and oxygen atoms in total. The van der Waals surface area contributed by atoms with Crippen molar-refractivity contribution in [2.75, 3.05) is 7.11 Å². The van der Waals surface area contributed by atoms with Crippen LogP contribution < -0.4 is 4.74 Å². The Bertz CT molecular complexity index is 1130. The number of benzene rings is 2. The van der Waals surface area contributed by atoms with Crippen LogP contribution in [-0.2, 0) is 12.8 Å². The summed E-state index contributed by atoms with van der Waals surface area (Å²) < 4.78 is 5.25. The molecule has 4 aromatic rings. The third-order valence-electron chi connectivity index (χ3n) is 4.32. The van der Waals surface area contributed by atoms with E-state index in [1.54, 1.807) is 7.11 Å². The lowest BCUT2D eigenvalue weighted by atomic mass is 10.1. The molecule has 2 aromatic carbocycles. The Morgan fingerprint density at radius 3 is 2.59 bits per heavy atom. The van der Waals surface area contributed by atoms with Crippen molar-refractivity contribution < 1.29 is 4.74 Å². The van der Waals surface area contributed by atoms with E-state index in [0.717, 1.165) is 52.3 Å². The van der Waals surface area contributed by atoms with Gasteiger partial charge in [-0.25, -0.2) is 4.98 Å². The summed E-state index contributed by atoms with van der Waals surface area (Å²) in [6.45, 7) is 0. The summed E-state index contributed by atoms with van der Waals surface area (Å²) >= 11 is 0. The maximum absolute atomic E-state index is 5.25. The van der Waals surface area contributed by atoms with E-state index < -0.39 is 0 Å². The number of aromatic nitrogens is 3. The molecule has 0 amide bonds. The lowest BCUT2D eigenvalue weighted by Crippen LogP contribution is -1.95. The van der Waals surface area contributed by atoms with Crippen molar-refractivity contribution in [2.45, 2.75) is 12.8 Å². The Morgan fingerprint density at radius 2 is 1.79 bits per heavy atom. The van der Waals surface area contributed by atoms with E-state index in [-0.39, 0.29) is 24.8 Å². The zero-order valence-electron chi connectivity index (χ0n) is 15.9. The average molecular weight is 426 g/mol. The lowest BCUT2D eigenvalue weighted by molar-refractivity contribution is 0.414. The summed E-state index contributed by atoms with van der Waals surface area (Å²) in [5, 5.41) is 0. The summed E-state index contributed by atoms with van der Waals surface area (Å²) in [7, 11) is 1.66. The smallest absolute Gasteiger partial charge is 0.120 e. The van der Waals surface area contributed by atoms with Crippen molar-refractivity contribution in [3.8, 4) is 17.6 Å². The molecule has 0 unspecified atom stereocenters. The molecule has 0 fully saturated rings. The number of imidazole rings is 1. The molecular weight excluding hydrogens is 405 g/mol. The van der Waals surface area contributed by atoms with Crippen LogP contribution in [0.5, 0.6) is 5.75 Å². The van der Waals surface area contributed by atoms with E-state index in [4.69, 9.17) is 9.72 Å². The number of para-hydroxylation sites is 1. The SMILES string of the molecule is COc1cccc(C#Cc2cccc3[nH]c(CCc4ccccn4)nc23)c1.Cl.Cl. The largest absolute Gasteiger partial charge is 0.497 e. The van der Waals surface area contributed by atoms with Crippen molar-refractivity contribution in [3.05, 3.63) is 89.5 Å². The number of hydrogen-bond donors (Lipinski definition) is 1. The Morgan fingerprint density at radius 1 is 0.931 bits per heavy atom. The van der Waals surface area contributed by atoms with Crippen LogP contribution in [0.1, 0.15) is 22.6 Å². The van der Waals surface area contributed by atoms with Gasteiger partial charge in [0.1, 0.15) is 17.1 Å². The molecule has 4 rings (SSSR count). The number of hydrogen-bond acceptors (Lipinski definition) is 3. The fourth-order valence-electron chi connectivity index (χ4n) is 2.94. The van der Waals surface area contributed by atoms with Crippen molar-refractivity contribution in [2.24, 2.45) is 0 Å². The fraction of sp³-hybridized carbons (Fsp3) is 0.130. The fourth-order valence-corrected chi connectivity index (χ4v) is 2.94. The van der Waals surface area contributed by atoms with Gasteiger partial charge in [0.15, 0.2) is 0 Å². The van der Waals surface area contributed by atoms with Crippen LogP contribution >= 0.6 is 24.8 Å². The maximum Gasteiger partial charge on any atom is 0.120 e. The van der Waals surface area contributed by atoms with E-state index in [9.17, 15) is 0 Å². The van der Waals surface area contributed by atoms with E-state index >= 15 is 0 Å². The number of ether oxygens (including phenoxy) is 1. The van der Waals surface area contributed by atoms with Crippen LogP contribution in [0.15, 0.2) is 66.9 Å². The van der Waals surface area contributed by atoms with Crippen LogP contribution in [0.25, 0.3) is 11.0 Å². The molecular formula is C23H21Cl2N3O. The van der Waals surface area contributed by atoms with E-state index in [1.165, 1.54) is 0 Å². The first-order valence-corrected chi connectivity index (χ1v) is 8.85. The normalized spacial score (nSPS) is 9.69. The second-order valence-electron chi connectivity index (χ2n) is 6.19. The predicted octanol–water partition coefficient (Wildman–Crippen LogP) is 5.00. The van der Waals surface area contributed by atoms with Gasteiger partial charge in [0.05, 0.1) is 18.2 Å². The quantitative estimate of drug-likeness (QED) is 0.468. The van der Waals surface area contributed by atoms with Crippen molar-refractivity contribution in [3.63, 3.8) is 0 Å². The van der Waals surface area contributed by atoms with Gasteiger partial charge in [-0.15, -0.1) is 24.8 Å². The number of nitrogens with zero attached hydrogens (tertiary/aromatic N) is 2. The summed E-state index contributed by atoms with van der Waals surface area (Å²) in [6.07, 6.45) is 3.49. The Labute approximate surface area is 182 Å². The van der Waals surface area contributed by atoms with Gasteiger partial charge in [-0.05, 0) is 48.9 Å². The number of methoxy groups -OCH3 is 1. The van der Waals surface area contributed by atoms with Crippen LogP contribution in [-0.4, -0.2) is 22.1 Å². The monoisotopic (exact) mass is 425 g/mol. The Kier molecular flexibility index (Phi) is 8.09. The topological polar surface area (TPSA) is 50.8 Å². The van der Waals surface area contributed by atoms with Crippen molar-refractivity contribution >= 4 is 35.8 Å². The number of fused-ring (bicyclic) bond motifs is 1. The number of halogens is 2. The lowest BCUT2D eigenvalue weighted by Gasteiger charge is -1.98. The molecule has 6 heteroatoms. The molecule has 0 spiro atoms. The highest BCUT2D eigenvalue weighted by atomic mass is 35.5. The van der Waals surface area contributed by atoms with Gasteiger partial charge in [-0.2, -0.15) is 0 Å². The van der Waals surface area contributed by atoms with Gasteiger partial charge in [-0.3, -0.25) is 4.98 Å². The summed E-state index contributed by atoms with van der Waals surface area (Å²) in [5.41, 5.74) is 4.80. The Balaban J connectivity index is 0.00000150. The number of aromatic amines is 1. The first-order chi connectivity index (χ1) is 13.3. The highest BCUT2D eigenvalue weighted by Crippen LogP contribution is 2.17. The van der Waals surface area contributed by atoms with Gasteiger partial charge in [0.25, 0.3) is 0 Å². The zero-order valence-corrected chi connectivity index (χ0v) is 17.5. The number of pyridine rings is 1. The minimum Gasteiger partial charge on any atom is -0.497 e. The number of rotatable bonds is 4. The second kappa shape index (κ2) is 10.5. The van der Waals surface area contributed by atoms with Gasteiger partial charge >= 0.3 is 0 Å². The van der Waals surface area contributed by atoms with E-state index in [0.29, 0.717) is 0 Å². The van der Waals surface area contributed by atoms with Crippen molar-refractivity contribution in [1.82, 2.24) is 15.0 Å². The molecule has 1 N–H and O–H groups in total. The number of aryl methyl sites for hydroxylation is 2. The van der Waals surface area contributed by atoms with Crippen LogP contribution in [0.2, 0.25) is 0 Å². The standard InChI is InChI=1S/C23H19N3O.2ClH/c1-27-20-9-4-6-17(16-20)11-12-18-7-5-10-21-23(18)26-22(25-21)14-13-19-8-2-3-15-24-19;;/h2-10,15-16H,13-14H2,1H3,(H,25,26);2*1H. The molecule has 0 saturated carbocycles. The molecule has 0 aliphatic carbocycles. The van der Waals surface area contributed by atoms with E-state index in [1.807, 2.05) is 66.9 Å². The van der Waals surface area contributed by atoms with Gasteiger partial charge in [-0.1, -0.05) is 30.0 Å². The van der Waals surface area contributed by atoms with Crippen molar-refractivity contribution in [1.29, 1.82) is 0 Å². The molecule has 148 valence electrons. The first kappa shape index (κ1) is 22.3. The third kappa shape index (κ3) is 5.51. The summed E-state index contributed by atoms with van der Waals surface area (Å²) in [6, 6.07) is 19.7. The first-order valence-electron chi connectivity index (χ1n) is 8.85. The molecule has 0 radical (unpaired) electrons. The second-order valence-corrected chi connectivity index (χ2v) is 6.19.